The average molecular weight is 271 g/mol. The minimum absolute atomic E-state index is 0.124. The Morgan fingerprint density at radius 2 is 1.89 bits per heavy atom. The van der Waals surface area contributed by atoms with Gasteiger partial charge in [-0.25, -0.2) is 4.79 Å². The maximum absolute atomic E-state index is 11.8. The fraction of sp³-hybridized carbons (Fsp3) is 0.462. The predicted molar refractivity (Wildman–Crippen MR) is 73.0 cm³/mol. The van der Waals surface area contributed by atoms with Crippen molar-refractivity contribution in [2.75, 3.05) is 13.1 Å². The minimum atomic E-state index is -0.390. The van der Waals surface area contributed by atoms with Crippen LogP contribution in [0, 0.1) is 0 Å². The minimum Gasteiger partial charge on any atom is -0.471 e. The van der Waals surface area contributed by atoms with Gasteiger partial charge in [0, 0.05) is 18.1 Å². The first-order chi connectivity index (χ1) is 8.56. The van der Waals surface area contributed by atoms with E-state index in [2.05, 4.69) is 5.32 Å². The van der Waals surface area contributed by atoms with E-state index in [9.17, 15) is 4.79 Å². The van der Waals surface area contributed by atoms with E-state index >= 15 is 0 Å². The second-order valence-corrected chi connectivity index (χ2v) is 4.27. The molecule has 0 aromatic heterocycles. The van der Waals surface area contributed by atoms with Crippen molar-refractivity contribution in [3.05, 3.63) is 29.3 Å². The zero-order valence-corrected chi connectivity index (χ0v) is 11.7. The number of carbonyl (C=O) groups excluding carboxylic acids is 1. The van der Waals surface area contributed by atoms with Crippen LogP contribution >= 0.6 is 11.6 Å². The molecule has 5 heteroatoms. The number of ether oxygens (including phenoxy) is 1. The van der Waals surface area contributed by atoms with Gasteiger partial charge < -0.3 is 15.0 Å². The number of urea groups is 1. The molecule has 4 nitrogen and oxygen atoms in total. The van der Waals surface area contributed by atoms with E-state index in [0.29, 0.717) is 23.9 Å². The van der Waals surface area contributed by atoms with Crippen molar-refractivity contribution in [1.29, 1.82) is 0 Å². The van der Waals surface area contributed by atoms with Crippen LogP contribution in [0.25, 0.3) is 0 Å². The summed E-state index contributed by atoms with van der Waals surface area (Å²) in [6, 6.07) is 6.90. The van der Waals surface area contributed by atoms with Gasteiger partial charge in [-0.15, -0.1) is 0 Å². The summed E-state index contributed by atoms with van der Waals surface area (Å²) in [7, 11) is 0. The first-order valence-corrected chi connectivity index (χ1v) is 6.42. The van der Waals surface area contributed by atoms with E-state index in [-0.39, 0.29) is 12.3 Å². The molecular weight excluding hydrogens is 252 g/mol. The Balaban J connectivity index is 2.48. The lowest BCUT2D eigenvalue weighted by molar-refractivity contribution is 0.156. The van der Waals surface area contributed by atoms with E-state index in [1.165, 1.54) is 0 Å². The van der Waals surface area contributed by atoms with Crippen LogP contribution < -0.4 is 10.1 Å². The lowest BCUT2D eigenvalue weighted by atomic mass is 10.3. The number of halogens is 1. The Bertz CT molecular complexity index is 377. The van der Waals surface area contributed by atoms with E-state index in [4.69, 9.17) is 16.3 Å². The lowest BCUT2D eigenvalue weighted by Crippen LogP contribution is -2.45. The van der Waals surface area contributed by atoms with Crippen LogP contribution in [0.4, 0.5) is 4.79 Å². The average Bonchev–Trinajstić information content (AvgIpc) is 2.33. The maximum atomic E-state index is 11.8. The highest BCUT2D eigenvalue weighted by molar-refractivity contribution is 6.30. The molecule has 0 heterocycles. The van der Waals surface area contributed by atoms with Gasteiger partial charge in [0.1, 0.15) is 5.75 Å². The molecule has 1 atom stereocenters. The van der Waals surface area contributed by atoms with E-state index < -0.39 is 0 Å². The molecule has 1 rings (SSSR count). The summed E-state index contributed by atoms with van der Waals surface area (Å²) in [6.07, 6.45) is -0.390. The molecular formula is C13H19ClN2O2. The fourth-order valence-corrected chi connectivity index (χ4v) is 1.65. The Hall–Kier alpha value is -1.42. The van der Waals surface area contributed by atoms with Gasteiger partial charge in [-0.2, -0.15) is 0 Å². The summed E-state index contributed by atoms with van der Waals surface area (Å²) in [5.74, 6) is 0.673. The standard InChI is InChI=1S/C13H19ClN2O2/c1-4-16(5-2)13(17)15-10(3)18-12-8-6-11(14)7-9-12/h6-10H,4-5H2,1-3H3,(H,15,17). The molecule has 0 aliphatic heterocycles. The third kappa shape index (κ3) is 4.45. The number of amides is 2. The highest BCUT2D eigenvalue weighted by Gasteiger charge is 2.13. The molecule has 0 aliphatic rings. The predicted octanol–water partition coefficient (Wildman–Crippen LogP) is 3.12. The number of carbonyl (C=O) groups is 1. The van der Waals surface area contributed by atoms with Gasteiger partial charge in [0.15, 0.2) is 6.23 Å². The summed E-state index contributed by atoms with van der Waals surface area (Å²) < 4.78 is 5.56. The molecule has 0 aliphatic carbocycles. The molecule has 1 aromatic carbocycles. The van der Waals surface area contributed by atoms with Gasteiger partial charge in [0.25, 0.3) is 0 Å². The van der Waals surface area contributed by atoms with Crippen molar-refractivity contribution in [2.45, 2.75) is 27.0 Å². The van der Waals surface area contributed by atoms with Crippen LogP contribution in [0.3, 0.4) is 0 Å². The second kappa shape index (κ2) is 7.11. The zero-order chi connectivity index (χ0) is 13.5. The SMILES string of the molecule is CCN(CC)C(=O)NC(C)Oc1ccc(Cl)cc1. The monoisotopic (exact) mass is 270 g/mol. The van der Waals surface area contributed by atoms with Crippen molar-refractivity contribution in [1.82, 2.24) is 10.2 Å². The van der Waals surface area contributed by atoms with Crippen LogP contribution in [0.15, 0.2) is 24.3 Å². The quantitative estimate of drug-likeness (QED) is 0.836. The Kier molecular flexibility index (Phi) is 5.78. The number of hydrogen-bond donors (Lipinski definition) is 1. The van der Waals surface area contributed by atoms with Crippen LogP contribution in [-0.4, -0.2) is 30.2 Å². The molecule has 100 valence electrons. The number of nitrogens with zero attached hydrogens (tertiary/aromatic N) is 1. The Morgan fingerprint density at radius 1 is 1.33 bits per heavy atom. The lowest BCUT2D eigenvalue weighted by Gasteiger charge is -2.23. The molecule has 0 radical (unpaired) electrons. The topological polar surface area (TPSA) is 41.6 Å². The maximum Gasteiger partial charge on any atom is 0.320 e. The van der Waals surface area contributed by atoms with Gasteiger partial charge in [0.05, 0.1) is 0 Å². The molecule has 2 amide bonds. The van der Waals surface area contributed by atoms with Crippen LogP contribution in [0.5, 0.6) is 5.75 Å². The van der Waals surface area contributed by atoms with Gasteiger partial charge >= 0.3 is 6.03 Å². The Morgan fingerprint density at radius 3 is 2.39 bits per heavy atom. The van der Waals surface area contributed by atoms with Crippen molar-refractivity contribution in [3.8, 4) is 5.75 Å². The molecule has 1 unspecified atom stereocenters. The smallest absolute Gasteiger partial charge is 0.320 e. The van der Waals surface area contributed by atoms with Crippen LogP contribution in [0.2, 0.25) is 5.02 Å². The third-order valence-electron chi connectivity index (χ3n) is 2.50. The summed E-state index contributed by atoms with van der Waals surface area (Å²) in [4.78, 5) is 13.5. The highest BCUT2D eigenvalue weighted by Crippen LogP contribution is 2.16. The molecule has 1 aromatic rings. The molecule has 18 heavy (non-hydrogen) atoms. The van der Waals surface area contributed by atoms with Crippen molar-refractivity contribution < 1.29 is 9.53 Å². The molecule has 0 saturated heterocycles. The van der Waals surface area contributed by atoms with Crippen molar-refractivity contribution in [3.63, 3.8) is 0 Å². The van der Waals surface area contributed by atoms with Crippen LogP contribution in [0.1, 0.15) is 20.8 Å². The summed E-state index contributed by atoms with van der Waals surface area (Å²) >= 11 is 5.78. The third-order valence-corrected chi connectivity index (χ3v) is 2.76. The van der Waals surface area contributed by atoms with E-state index in [1.807, 2.05) is 13.8 Å². The summed E-state index contributed by atoms with van der Waals surface area (Å²) in [6.45, 7) is 7.02. The first kappa shape index (κ1) is 14.6. The number of nitrogens with one attached hydrogen (secondary N) is 1. The first-order valence-electron chi connectivity index (χ1n) is 6.04. The van der Waals surface area contributed by atoms with E-state index in [1.54, 1.807) is 36.1 Å². The molecule has 0 fully saturated rings. The fourth-order valence-electron chi connectivity index (χ4n) is 1.52. The molecule has 0 spiro atoms. The van der Waals surface area contributed by atoms with Gasteiger partial charge in [-0.3, -0.25) is 0 Å². The molecule has 1 N–H and O–H groups in total. The highest BCUT2D eigenvalue weighted by atomic mass is 35.5. The molecule has 0 bridgehead atoms. The van der Waals surface area contributed by atoms with E-state index in [0.717, 1.165) is 0 Å². The number of benzene rings is 1. The van der Waals surface area contributed by atoms with Gasteiger partial charge in [-0.05, 0) is 45.0 Å². The summed E-state index contributed by atoms with van der Waals surface area (Å²) in [5, 5.41) is 3.43. The van der Waals surface area contributed by atoms with Crippen molar-refractivity contribution >= 4 is 17.6 Å². The largest absolute Gasteiger partial charge is 0.471 e. The zero-order valence-electron chi connectivity index (χ0n) is 10.9. The molecule has 0 saturated carbocycles. The normalized spacial score (nSPS) is 11.8. The van der Waals surface area contributed by atoms with Gasteiger partial charge in [0.2, 0.25) is 0 Å². The van der Waals surface area contributed by atoms with Crippen LogP contribution in [-0.2, 0) is 0 Å². The van der Waals surface area contributed by atoms with Gasteiger partial charge in [-0.1, -0.05) is 11.6 Å². The second-order valence-electron chi connectivity index (χ2n) is 3.84. The number of rotatable bonds is 5. The van der Waals surface area contributed by atoms with Crippen molar-refractivity contribution in [2.24, 2.45) is 0 Å². The summed E-state index contributed by atoms with van der Waals surface area (Å²) in [5.41, 5.74) is 0. The Labute approximate surface area is 113 Å². The number of hydrogen-bond acceptors (Lipinski definition) is 2.